The van der Waals surface area contributed by atoms with Gasteiger partial charge in [-0.05, 0) is 25.7 Å². The van der Waals surface area contributed by atoms with Crippen LogP contribution in [-0.2, 0) is 16.8 Å². The molecular weight excluding hydrogens is 343 g/mol. The van der Waals surface area contributed by atoms with Crippen molar-refractivity contribution in [2.45, 2.75) is 25.7 Å². The number of hydrogen-bond acceptors (Lipinski definition) is 1. The number of rotatable bonds is 0. The van der Waals surface area contributed by atoms with Gasteiger partial charge in [-0.15, -0.1) is 0 Å². The molecule has 13 heavy (non-hydrogen) atoms. The van der Waals surface area contributed by atoms with Gasteiger partial charge in [0.25, 0.3) is 3.60 Å². The van der Waals surface area contributed by atoms with Crippen LogP contribution in [0.2, 0.25) is 0 Å². The van der Waals surface area contributed by atoms with Crippen molar-refractivity contribution < 1.29 is 21.6 Å². The molecule has 0 heterocycles. The quantitative estimate of drug-likeness (QED) is 0.460. The summed E-state index contributed by atoms with van der Waals surface area (Å²) < 4.78 is -0.208. The molecular formula is C9H12Br2CoO. The minimum atomic E-state index is -0.208. The summed E-state index contributed by atoms with van der Waals surface area (Å²) in [5, 5.41) is 0. The van der Waals surface area contributed by atoms with Crippen LogP contribution in [0.25, 0.3) is 0 Å². The van der Waals surface area contributed by atoms with Crippen molar-refractivity contribution in [3.8, 4) is 0 Å². The van der Waals surface area contributed by atoms with E-state index in [1.807, 2.05) is 0 Å². The molecule has 1 rings (SSSR count). The molecule has 0 aromatic heterocycles. The van der Waals surface area contributed by atoms with Crippen LogP contribution in [0.15, 0.2) is 24.3 Å². The summed E-state index contributed by atoms with van der Waals surface area (Å²) in [7, 11) is 0. The van der Waals surface area contributed by atoms with Gasteiger partial charge in [0, 0.05) is 48.6 Å². The summed E-state index contributed by atoms with van der Waals surface area (Å²) >= 11 is 5.10. The van der Waals surface area contributed by atoms with Crippen molar-refractivity contribution in [3.05, 3.63) is 24.3 Å². The Bertz CT molecular complexity index is 148. The van der Waals surface area contributed by atoms with Crippen LogP contribution in [0.3, 0.4) is 0 Å². The summed E-state index contributed by atoms with van der Waals surface area (Å²) in [5.74, 6) is 0. The summed E-state index contributed by atoms with van der Waals surface area (Å²) in [6.45, 7) is 0. The number of hydrogen-bond donors (Lipinski definition) is 0. The van der Waals surface area contributed by atoms with Crippen molar-refractivity contribution in [1.29, 1.82) is 0 Å². The van der Waals surface area contributed by atoms with Gasteiger partial charge in [0.1, 0.15) is 0 Å². The molecule has 1 nitrogen and oxygen atoms in total. The summed E-state index contributed by atoms with van der Waals surface area (Å²) in [6.07, 6.45) is 14.0. The second-order valence-corrected chi connectivity index (χ2v) is 4.83. The van der Waals surface area contributed by atoms with E-state index in [-0.39, 0.29) is 20.4 Å². The number of allylic oxidation sites excluding steroid dienone is 4. The predicted octanol–water partition coefficient (Wildman–Crippen LogP) is 4.57. The molecule has 0 unspecified atom stereocenters. The van der Waals surface area contributed by atoms with Crippen molar-refractivity contribution in [1.82, 2.24) is 0 Å². The molecule has 0 spiro atoms. The Labute approximate surface area is 106 Å². The van der Waals surface area contributed by atoms with Crippen LogP contribution in [0, 0.1) is 0 Å². The van der Waals surface area contributed by atoms with E-state index in [1.54, 1.807) is 0 Å². The first kappa shape index (κ1) is 16.1. The maximum Gasteiger partial charge on any atom is 0.262 e. The van der Waals surface area contributed by atoms with Crippen molar-refractivity contribution in [3.63, 3.8) is 0 Å². The van der Waals surface area contributed by atoms with Gasteiger partial charge in [0.15, 0.2) is 0 Å². The Hall–Kier alpha value is 0.616. The molecule has 0 saturated heterocycles. The molecule has 4 heteroatoms. The van der Waals surface area contributed by atoms with E-state index in [2.05, 4.69) is 56.2 Å². The van der Waals surface area contributed by atoms with E-state index >= 15 is 0 Å². The van der Waals surface area contributed by atoms with E-state index in [1.165, 1.54) is 25.7 Å². The van der Waals surface area contributed by atoms with Crippen LogP contribution in [0.5, 0.6) is 0 Å². The zero-order valence-corrected chi connectivity index (χ0v) is 11.3. The zero-order valence-electron chi connectivity index (χ0n) is 7.14. The predicted molar refractivity (Wildman–Crippen MR) is 60.0 cm³/mol. The van der Waals surface area contributed by atoms with E-state index in [9.17, 15) is 4.79 Å². The Morgan fingerprint density at radius 1 is 0.846 bits per heavy atom. The van der Waals surface area contributed by atoms with Crippen LogP contribution in [0.4, 0.5) is 4.79 Å². The van der Waals surface area contributed by atoms with Gasteiger partial charge in [0.05, 0.1) is 0 Å². The molecule has 0 aromatic carbocycles. The van der Waals surface area contributed by atoms with Gasteiger partial charge in [-0.3, -0.25) is 4.79 Å². The third-order valence-electron chi connectivity index (χ3n) is 1.33. The molecule has 0 aliphatic heterocycles. The second kappa shape index (κ2) is 12.6. The first-order valence-corrected chi connectivity index (χ1v) is 5.47. The van der Waals surface area contributed by atoms with Crippen LogP contribution in [0.1, 0.15) is 25.7 Å². The van der Waals surface area contributed by atoms with Crippen molar-refractivity contribution >= 4 is 35.5 Å². The third kappa shape index (κ3) is 19.2. The largest absolute Gasteiger partial charge is 0.273 e. The Balaban J connectivity index is 0. The normalized spacial score (nSPS) is 19.2. The van der Waals surface area contributed by atoms with E-state index in [0.717, 1.165) is 0 Å². The Kier molecular flexibility index (Phi) is 15.6. The SMILES string of the molecule is C1=C\CC/C=C\CC/1.O=C(Br)Br.[Co]. The van der Waals surface area contributed by atoms with Gasteiger partial charge in [0.2, 0.25) is 0 Å². The molecule has 0 amide bonds. The van der Waals surface area contributed by atoms with E-state index in [4.69, 9.17) is 0 Å². The molecule has 77 valence electrons. The molecule has 0 N–H and O–H groups in total. The van der Waals surface area contributed by atoms with E-state index in [0.29, 0.717) is 0 Å². The molecule has 0 atom stereocenters. The number of halogens is 2. The molecule has 1 aliphatic rings. The van der Waals surface area contributed by atoms with Crippen LogP contribution in [-0.4, -0.2) is 3.60 Å². The van der Waals surface area contributed by atoms with Gasteiger partial charge < -0.3 is 0 Å². The molecule has 0 fully saturated rings. The molecule has 1 radical (unpaired) electrons. The fourth-order valence-electron chi connectivity index (χ4n) is 0.856. The molecule has 0 saturated carbocycles. The average Bonchev–Trinajstić information content (AvgIpc) is 1.82. The van der Waals surface area contributed by atoms with Crippen molar-refractivity contribution in [2.75, 3.05) is 0 Å². The van der Waals surface area contributed by atoms with Crippen molar-refractivity contribution in [2.24, 2.45) is 0 Å². The van der Waals surface area contributed by atoms with Gasteiger partial charge in [-0.1, -0.05) is 24.3 Å². The smallest absolute Gasteiger partial charge is 0.262 e. The monoisotopic (exact) mass is 353 g/mol. The molecule has 0 aromatic rings. The minimum absolute atomic E-state index is 0. The second-order valence-electron chi connectivity index (χ2n) is 2.32. The molecule has 0 bridgehead atoms. The van der Waals surface area contributed by atoms with Gasteiger partial charge in [-0.2, -0.15) is 0 Å². The Morgan fingerprint density at radius 2 is 1.00 bits per heavy atom. The first-order chi connectivity index (χ1) is 5.73. The van der Waals surface area contributed by atoms with Crippen LogP contribution >= 0.6 is 31.9 Å². The fourth-order valence-corrected chi connectivity index (χ4v) is 0.856. The fraction of sp³-hybridized carbons (Fsp3) is 0.444. The zero-order chi connectivity index (χ0) is 9.23. The first-order valence-electron chi connectivity index (χ1n) is 3.88. The summed E-state index contributed by atoms with van der Waals surface area (Å²) in [6, 6.07) is 0. The van der Waals surface area contributed by atoms with Crippen LogP contribution < -0.4 is 0 Å². The Morgan fingerprint density at radius 3 is 1.15 bits per heavy atom. The molecule has 1 aliphatic carbocycles. The van der Waals surface area contributed by atoms with E-state index < -0.39 is 0 Å². The number of carbonyl (C=O) groups excluding carboxylic acids is 1. The van der Waals surface area contributed by atoms with Gasteiger partial charge in [-0.25, -0.2) is 0 Å². The van der Waals surface area contributed by atoms with Gasteiger partial charge >= 0.3 is 0 Å². The maximum atomic E-state index is 9.28. The summed E-state index contributed by atoms with van der Waals surface area (Å²) in [5.41, 5.74) is 0. The third-order valence-corrected chi connectivity index (χ3v) is 1.33. The minimum Gasteiger partial charge on any atom is -0.273 e. The maximum absolute atomic E-state index is 9.28. The summed E-state index contributed by atoms with van der Waals surface area (Å²) in [4.78, 5) is 9.28. The standard InChI is InChI=1S/C8H12.CBr2O.Co/c1-2-4-6-8-7-5-3-1;2-1(3)4;/h1-2,7-8H,3-6H2;;/b2-1-,8-7-;;. The topological polar surface area (TPSA) is 17.1 Å². The average molecular weight is 355 g/mol. The number of carbonyl (C=O) groups is 1.